The maximum Gasteiger partial charge on any atom is 0.125 e. The van der Waals surface area contributed by atoms with Gasteiger partial charge in [0.1, 0.15) is 18.5 Å². The van der Waals surface area contributed by atoms with Crippen molar-refractivity contribution < 1.29 is 13.2 Å². The Morgan fingerprint density at radius 1 is 0.273 bits per heavy atom. The summed E-state index contributed by atoms with van der Waals surface area (Å²) >= 11 is 0. The molecule has 4 unspecified atom stereocenters. The first kappa shape index (κ1) is 123. The smallest absolute Gasteiger partial charge is 0.125 e. The van der Waals surface area contributed by atoms with Gasteiger partial charge in [0.05, 0.1) is 0 Å². The van der Waals surface area contributed by atoms with Crippen molar-refractivity contribution in [2.45, 2.75) is 423 Å². The maximum absolute atomic E-state index is 13.8. The summed E-state index contributed by atoms with van der Waals surface area (Å²) in [5.74, 6) is 0. The number of nitrogens with two attached hydrogens (primary N) is 8. The SMILES string of the molecule is CC(C)(C)c1cccc(C(C)(C)CCCN)c1.CC(C)(C)c1cccc(C(F)CCCN)c1.CC(C)(C)c1cccc(CC(F)CCN)c1.CC(C)(C)c1cccc(CCC(F)CN)c1.CC(C)(CCN)Cc1cccc(C(C)(C)C)c1.CC(C)(CN)CCc1cccc(C(C)(C)C)c1.CC(C)(N)CCCc1cccc(C(C)(C)C)c1.CC(N)CCCc1cccc(C(C)(C)C)c1. The minimum atomic E-state index is -0.883. The van der Waals surface area contributed by atoms with Gasteiger partial charge < -0.3 is 45.9 Å². The second-order valence-electron chi connectivity index (χ2n) is 48.8. The van der Waals surface area contributed by atoms with E-state index in [1.807, 2.05) is 36.4 Å². The Kier molecular flexibility index (Phi) is 53.6. The zero-order chi connectivity index (χ0) is 101. The van der Waals surface area contributed by atoms with Gasteiger partial charge in [-0.1, -0.05) is 402 Å². The quantitative estimate of drug-likeness (QED) is 0.0203. The molecule has 0 saturated carbocycles. The van der Waals surface area contributed by atoms with Gasteiger partial charge in [0.15, 0.2) is 0 Å². The third-order valence-corrected chi connectivity index (χ3v) is 24.5. The average molecular weight is 1820 g/mol. The van der Waals surface area contributed by atoms with Crippen LogP contribution in [-0.2, 0) is 87.3 Å². The summed E-state index contributed by atoms with van der Waals surface area (Å²) in [4.78, 5) is 0. The molecule has 8 nitrogen and oxygen atoms in total. The van der Waals surface area contributed by atoms with E-state index in [9.17, 15) is 13.2 Å². The number of halogens is 3. The standard InChI is InChI=1S/4C16H27N.C15H25N.3C14H22FN/c1-15(2,3)14-10-6-8-13(12-14)9-7-11-16(4,5)17;1-15(2,3)13-8-6-9-14(12-13)16(4,5)10-7-11-17;1-15(2,3)14-8-6-7-13(11-14)12-16(4,5)9-10-17;1-15(2,3)14-8-6-7-13(11-14)9-10-16(4,5)12-17;1-12(16)7-5-8-13-9-6-10-14(11-13)15(2,3)4;1-14(2,3)12-7-4-6-11(10-12)13(15)8-5-9-16;1-14(2,3)12-6-4-5-11(9-12)10-13(15)7-8-16;1-14(2,3)12-6-4-5-11(9-12)7-8-13(15)10-16/h6,8,10,12H,7,9,11,17H2,1-5H3;6,8-9,12H,7,10-11,17H2,1-5H3;2*6-8,11H,9-10,12,17H2,1-5H3;6,9-12H,5,7-8,16H2,1-4H3;4,6-7,10,13H,5,8-9,16H2,1-3H3;2*4-6,9,13H,7-8,10,16H2,1-3H3. The van der Waals surface area contributed by atoms with Gasteiger partial charge in [-0.15, -0.1) is 0 Å². The fourth-order valence-corrected chi connectivity index (χ4v) is 14.8. The molecule has 0 aliphatic heterocycles. The highest BCUT2D eigenvalue weighted by Gasteiger charge is 2.26. The molecule has 0 spiro atoms. The Morgan fingerprint density at radius 3 is 0.970 bits per heavy atom. The molecule has 744 valence electrons. The second-order valence-corrected chi connectivity index (χ2v) is 48.8. The highest BCUT2D eigenvalue weighted by Crippen LogP contribution is 2.36. The van der Waals surface area contributed by atoms with Crippen LogP contribution >= 0.6 is 0 Å². The minimum absolute atomic E-state index is 0.0400. The van der Waals surface area contributed by atoms with Crippen molar-refractivity contribution in [1.82, 2.24) is 0 Å². The van der Waals surface area contributed by atoms with Gasteiger partial charge in [0.25, 0.3) is 0 Å². The normalized spacial score (nSPS) is 13.3. The lowest BCUT2D eigenvalue weighted by Crippen LogP contribution is -2.31. The van der Waals surface area contributed by atoms with E-state index in [4.69, 9.17) is 45.9 Å². The van der Waals surface area contributed by atoms with Crippen molar-refractivity contribution in [2.24, 2.45) is 56.7 Å². The van der Waals surface area contributed by atoms with E-state index >= 15 is 0 Å². The Balaban J connectivity index is 0.000000754. The summed E-state index contributed by atoms with van der Waals surface area (Å²) < 4.78 is 40.3. The molecule has 8 aromatic carbocycles. The highest BCUT2D eigenvalue weighted by molar-refractivity contribution is 5.37. The van der Waals surface area contributed by atoms with Gasteiger partial charge in [-0.05, 0) is 311 Å². The van der Waals surface area contributed by atoms with Gasteiger partial charge in [0, 0.05) is 24.5 Å². The number of rotatable bonds is 32. The van der Waals surface area contributed by atoms with Crippen molar-refractivity contribution >= 4 is 0 Å². The molecule has 0 amide bonds. The minimum Gasteiger partial charge on any atom is -0.330 e. The van der Waals surface area contributed by atoms with Crippen LogP contribution in [0.5, 0.6) is 0 Å². The van der Waals surface area contributed by atoms with Crippen molar-refractivity contribution in [3.63, 3.8) is 0 Å². The van der Waals surface area contributed by atoms with Crippen LogP contribution in [-0.4, -0.2) is 63.2 Å². The molecule has 4 atom stereocenters. The number of hydrogen-bond donors (Lipinski definition) is 8. The predicted octanol–water partition coefficient (Wildman–Crippen LogP) is 29.7. The van der Waals surface area contributed by atoms with Crippen LogP contribution in [0.1, 0.15) is 401 Å². The third kappa shape index (κ3) is 53.7. The first-order valence-electron chi connectivity index (χ1n) is 50.1. The summed E-state index contributed by atoms with van der Waals surface area (Å²) in [5.41, 5.74) is 68.1. The van der Waals surface area contributed by atoms with Gasteiger partial charge in [0.2, 0.25) is 0 Å². The molecule has 16 N–H and O–H groups in total. The average Bonchev–Trinajstić information content (AvgIpc) is 0.814. The first-order valence-corrected chi connectivity index (χ1v) is 50.1. The molecular weight excluding hydrogens is 1620 g/mol. The molecule has 8 aromatic rings. The van der Waals surface area contributed by atoms with Crippen molar-refractivity contribution in [3.8, 4) is 0 Å². The van der Waals surface area contributed by atoms with E-state index in [-0.39, 0.29) is 66.2 Å². The third-order valence-electron chi connectivity index (χ3n) is 24.5. The van der Waals surface area contributed by atoms with Crippen LogP contribution in [0.4, 0.5) is 13.2 Å². The number of alkyl halides is 3. The molecule has 0 aliphatic rings. The van der Waals surface area contributed by atoms with Crippen LogP contribution in [0.2, 0.25) is 0 Å². The van der Waals surface area contributed by atoms with E-state index in [0.717, 1.165) is 114 Å². The van der Waals surface area contributed by atoms with Crippen molar-refractivity contribution in [2.75, 3.05) is 39.3 Å². The Morgan fingerprint density at radius 2 is 0.606 bits per heavy atom. The monoisotopic (exact) mass is 1820 g/mol. The van der Waals surface area contributed by atoms with Gasteiger partial charge in [-0.3, -0.25) is 0 Å². The Labute approximate surface area is 810 Å². The number of benzene rings is 8. The first-order chi connectivity index (χ1) is 60.6. The fraction of sp³-hybridized carbons (Fsp3) is 0.603. The van der Waals surface area contributed by atoms with Crippen LogP contribution in [0.15, 0.2) is 194 Å². The van der Waals surface area contributed by atoms with E-state index in [2.05, 4.69) is 386 Å². The van der Waals surface area contributed by atoms with E-state index < -0.39 is 18.5 Å². The fourth-order valence-electron chi connectivity index (χ4n) is 14.8. The lowest BCUT2D eigenvalue weighted by atomic mass is 9.77. The topological polar surface area (TPSA) is 208 Å². The lowest BCUT2D eigenvalue weighted by molar-refractivity contribution is 0.316. The largest absolute Gasteiger partial charge is 0.330 e. The molecule has 0 heterocycles. The summed E-state index contributed by atoms with van der Waals surface area (Å²) in [7, 11) is 0. The summed E-state index contributed by atoms with van der Waals surface area (Å²) in [6.07, 6.45) is 14.4. The molecule has 0 fully saturated rings. The van der Waals surface area contributed by atoms with Gasteiger partial charge >= 0.3 is 0 Å². The second kappa shape index (κ2) is 57.4. The molecule has 8 rings (SSSR count). The molecule has 11 heteroatoms. The zero-order valence-electron chi connectivity index (χ0n) is 90.5. The molecule has 0 saturated heterocycles. The van der Waals surface area contributed by atoms with Crippen LogP contribution < -0.4 is 45.9 Å². The Hall–Kier alpha value is -6.77. The molecule has 0 radical (unpaired) electrons. The van der Waals surface area contributed by atoms with Crippen molar-refractivity contribution in [1.29, 1.82) is 0 Å². The van der Waals surface area contributed by atoms with Gasteiger partial charge in [-0.2, -0.15) is 0 Å². The maximum atomic E-state index is 13.8. The van der Waals surface area contributed by atoms with E-state index in [1.165, 1.54) is 84.3 Å². The molecule has 132 heavy (non-hydrogen) atoms. The van der Waals surface area contributed by atoms with Gasteiger partial charge in [-0.25, -0.2) is 13.2 Å². The highest BCUT2D eigenvalue weighted by atomic mass is 19.1. The van der Waals surface area contributed by atoms with E-state index in [1.54, 1.807) is 0 Å². The molecule has 0 bridgehead atoms. The molecular formula is C121H199F3N8. The van der Waals surface area contributed by atoms with Crippen LogP contribution in [0.3, 0.4) is 0 Å². The van der Waals surface area contributed by atoms with Crippen LogP contribution in [0.25, 0.3) is 0 Å². The van der Waals surface area contributed by atoms with E-state index in [0.29, 0.717) is 50.2 Å². The number of aryl methyl sites for hydroxylation is 4. The zero-order valence-corrected chi connectivity index (χ0v) is 90.5. The summed E-state index contributed by atoms with van der Waals surface area (Å²) in [5, 5.41) is 0. The number of hydrogen-bond acceptors (Lipinski definition) is 8. The van der Waals surface area contributed by atoms with Crippen molar-refractivity contribution in [3.05, 3.63) is 283 Å². The Bertz CT molecular complexity index is 4430. The molecule has 0 aliphatic carbocycles. The summed E-state index contributed by atoms with van der Waals surface area (Å²) in [6.45, 7) is 76.7. The summed E-state index contributed by atoms with van der Waals surface area (Å²) in [6, 6.07) is 69.5. The lowest BCUT2D eigenvalue weighted by Gasteiger charge is -2.28. The predicted molar refractivity (Wildman–Crippen MR) is 579 cm³/mol. The van der Waals surface area contributed by atoms with Crippen LogP contribution in [0, 0.1) is 10.8 Å². The molecule has 0 aromatic heterocycles.